The van der Waals surface area contributed by atoms with Gasteiger partial charge in [-0.05, 0) is 39.5 Å². The SMILES string of the molecule is Brc1cc(CCN2CCNCC2)cc2c1OCC2. The van der Waals surface area contributed by atoms with Gasteiger partial charge in [-0.25, -0.2) is 0 Å². The number of halogens is 1. The smallest absolute Gasteiger partial charge is 0.136 e. The standard InChI is InChI=1S/C14H19BrN2O/c15-13-10-11(9-12-2-8-18-14(12)13)1-5-17-6-3-16-4-7-17/h9-10,16H,1-8H2. The maximum absolute atomic E-state index is 5.61. The fraction of sp³-hybridized carbons (Fsp3) is 0.571. The lowest BCUT2D eigenvalue weighted by Gasteiger charge is -2.27. The van der Waals surface area contributed by atoms with Crippen LogP contribution in [0.5, 0.6) is 5.75 Å². The molecule has 18 heavy (non-hydrogen) atoms. The van der Waals surface area contributed by atoms with Gasteiger partial charge < -0.3 is 15.0 Å². The molecule has 1 saturated heterocycles. The van der Waals surface area contributed by atoms with Crippen molar-refractivity contribution < 1.29 is 4.74 Å². The van der Waals surface area contributed by atoms with Crippen molar-refractivity contribution in [3.8, 4) is 5.75 Å². The van der Waals surface area contributed by atoms with E-state index >= 15 is 0 Å². The van der Waals surface area contributed by atoms with E-state index in [4.69, 9.17) is 4.74 Å². The zero-order chi connectivity index (χ0) is 12.4. The number of hydrogen-bond donors (Lipinski definition) is 1. The summed E-state index contributed by atoms with van der Waals surface area (Å²) in [5.41, 5.74) is 2.78. The highest BCUT2D eigenvalue weighted by atomic mass is 79.9. The molecule has 2 aliphatic rings. The first-order valence-electron chi connectivity index (χ1n) is 6.70. The van der Waals surface area contributed by atoms with Crippen molar-refractivity contribution in [2.24, 2.45) is 0 Å². The zero-order valence-electron chi connectivity index (χ0n) is 10.5. The summed E-state index contributed by atoms with van der Waals surface area (Å²) in [7, 11) is 0. The second-order valence-electron chi connectivity index (χ2n) is 5.01. The molecule has 0 aromatic heterocycles. The maximum atomic E-state index is 5.61. The average Bonchev–Trinajstić information content (AvgIpc) is 2.86. The molecule has 98 valence electrons. The van der Waals surface area contributed by atoms with E-state index in [-0.39, 0.29) is 0 Å². The van der Waals surface area contributed by atoms with Gasteiger partial charge in [0.2, 0.25) is 0 Å². The third-order valence-electron chi connectivity index (χ3n) is 3.72. The minimum atomic E-state index is 0.829. The Morgan fingerprint density at radius 2 is 2.11 bits per heavy atom. The molecule has 1 aromatic carbocycles. The van der Waals surface area contributed by atoms with Crippen LogP contribution in [0.2, 0.25) is 0 Å². The van der Waals surface area contributed by atoms with Gasteiger partial charge in [-0.3, -0.25) is 0 Å². The lowest BCUT2D eigenvalue weighted by atomic mass is 10.1. The molecular weight excluding hydrogens is 292 g/mol. The van der Waals surface area contributed by atoms with Gasteiger partial charge in [-0.1, -0.05) is 6.07 Å². The van der Waals surface area contributed by atoms with Crippen LogP contribution in [0.15, 0.2) is 16.6 Å². The van der Waals surface area contributed by atoms with Crippen molar-refractivity contribution in [3.63, 3.8) is 0 Å². The Hall–Kier alpha value is -0.580. The van der Waals surface area contributed by atoms with Crippen LogP contribution in [0.3, 0.4) is 0 Å². The molecule has 3 rings (SSSR count). The van der Waals surface area contributed by atoms with Gasteiger partial charge in [0.15, 0.2) is 0 Å². The Balaban J connectivity index is 1.64. The van der Waals surface area contributed by atoms with Crippen LogP contribution >= 0.6 is 15.9 Å². The van der Waals surface area contributed by atoms with Crippen molar-refractivity contribution in [1.29, 1.82) is 0 Å². The summed E-state index contributed by atoms with van der Waals surface area (Å²) in [6.45, 7) is 6.59. The Morgan fingerprint density at radius 3 is 2.94 bits per heavy atom. The summed E-state index contributed by atoms with van der Waals surface area (Å²) in [6.07, 6.45) is 2.18. The number of piperazine rings is 1. The number of nitrogens with zero attached hydrogens (tertiary/aromatic N) is 1. The molecule has 0 saturated carbocycles. The summed E-state index contributed by atoms with van der Waals surface area (Å²) in [4.78, 5) is 2.54. The molecule has 0 bridgehead atoms. The number of ether oxygens (including phenoxy) is 1. The van der Waals surface area contributed by atoms with Crippen LogP contribution in [0.25, 0.3) is 0 Å². The topological polar surface area (TPSA) is 24.5 Å². The van der Waals surface area contributed by atoms with E-state index in [9.17, 15) is 0 Å². The van der Waals surface area contributed by atoms with Gasteiger partial charge in [0.05, 0.1) is 11.1 Å². The molecule has 3 nitrogen and oxygen atoms in total. The second kappa shape index (κ2) is 5.59. The lowest BCUT2D eigenvalue weighted by molar-refractivity contribution is 0.244. The molecule has 0 spiro atoms. The summed E-state index contributed by atoms with van der Waals surface area (Å²) < 4.78 is 6.73. The molecule has 0 atom stereocenters. The Labute approximate surface area is 117 Å². The summed E-state index contributed by atoms with van der Waals surface area (Å²) >= 11 is 3.62. The monoisotopic (exact) mass is 310 g/mol. The highest BCUT2D eigenvalue weighted by Gasteiger charge is 2.17. The average molecular weight is 311 g/mol. The largest absolute Gasteiger partial charge is 0.492 e. The first kappa shape index (κ1) is 12.5. The summed E-state index contributed by atoms with van der Waals surface area (Å²) in [6, 6.07) is 4.53. The fourth-order valence-electron chi connectivity index (χ4n) is 2.69. The number of benzene rings is 1. The van der Waals surface area contributed by atoms with Crippen LogP contribution in [-0.2, 0) is 12.8 Å². The first-order valence-corrected chi connectivity index (χ1v) is 7.49. The van der Waals surface area contributed by atoms with E-state index < -0.39 is 0 Å². The van der Waals surface area contributed by atoms with E-state index in [1.165, 1.54) is 24.2 Å². The van der Waals surface area contributed by atoms with Crippen LogP contribution < -0.4 is 10.1 Å². The van der Waals surface area contributed by atoms with Gasteiger partial charge in [-0.15, -0.1) is 0 Å². The molecule has 2 aliphatic heterocycles. The summed E-state index contributed by atoms with van der Waals surface area (Å²) in [5.74, 6) is 1.06. The van der Waals surface area contributed by atoms with Gasteiger partial charge in [-0.2, -0.15) is 0 Å². The Morgan fingerprint density at radius 1 is 1.28 bits per heavy atom. The van der Waals surface area contributed by atoms with Gasteiger partial charge in [0, 0.05) is 39.1 Å². The van der Waals surface area contributed by atoms with Gasteiger partial charge >= 0.3 is 0 Å². The molecule has 1 fully saturated rings. The van der Waals surface area contributed by atoms with Crippen molar-refractivity contribution in [2.75, 3.05) is 39.3 Å². The van der Waals surface area contributed by atoms with Crippen molar-refractivity contribution in [1.82, 2.24) is 10.2 Å². The number of rotatable bonds is 3. The quantitative estimate of drug-likeness (QED) is 0.922. The van der Waals surface area contributed by atoms with Crippen LogP contribution in [0, 0.1) is 0 Å². The number of hydrogen-bond acceptors (Lipinski definition) is 3. The maximum Gasteiger partial charge on any atom is 0.136 e. The Kier molecular flexibility index (Phi) is 3.87. The molecule has 0 amide bonds. The number of nitrogens with one attached hydrogen (secondary N) is 1. The van der Waals surface area contributed by atoms with Crippen LogP contribution in [0.4, 0.5) is 0 Å². The minimum absolute atomic E-state index is 0.829. The second-order valence-corrected chi connectivity index (χ2v) is 5.86. The molecule has 4 heteroatoms. The minimum Gasteiger partial charge on any atom is -0.492 e. The number of fused-ring (bicyclic) bond motifs is 1. The first-order chi connectivity index (χ1) is 8.83. The highest BCUT2D eigenvalue weighted by molar-refractivity contribution is 9.10. The Bertz CT molecular complexity index is 430. The molecule has 0 aliphatic carbocycles. The fourth-order valence-corrected chi connectivity index (χ4v) is 3.35. The van der Waals surface area contributed by atoms with Crippen LogP contribution in [-0.4, -0.2) is 44.2 Å². The highest BCUT2D eigenvalue weighted by Crippen LogP contribution is 2.34. The van der Waals surface area contributed by atoms with E-state index in [0.717, 1.165) is 49.3 Å². The predicted octanol–water partition coefficient (Wildman–Crippen LogP) is 1.83. The lowest BCUT2D eigenvalue weighted by Crippen LogP contribution is -2.44. The molecule has 0 unspecified atom stereocenters. The third kappa shape index (κ3) is 2.71. The van der Waals surface area contributed by atoms with E-state index in [0.29, 0.717) is 0 Å². The van der Waals surface area contributed by atoms with E-state index in [1.807, 2.05) is 0 Å². The molecular formula is C14H19BrN2O. The van der Waals surface area contributed by atoms with E-state index in [2.05, 4.69) is 38.3 Å². The third-order valence-corrected chi connectivity index (χ3v) is 4.31. The molecule has 0 radical (unpaired) electrons. The van der Waals surface area contributed by atoms with Crippen molar-refractivity contribution in [3.05, 3.63) is 27.7 Å². The predicted molar refractivity (Wildman–Crippen MR) is 76.4 cm³/mol. The summed E-state index contributed by atoms with van der Waals surface area (Å²) in [5, 5.41) is 3.39. The van der Waals surface area contributed by atoms with Crippen LogP contribution in [0.1, 0.15) is 11.1 Å². The van der Waals surface area contributed by atoms with Crippen molar-refractivity contribution in [2.45, 2.75) is 12.8 Å². The van der Waals surface area contributed by atoms with Crippen molar-refractivity contribution >= 4 is 15.9 Å². The normalized spacial score (nSPS) is 19.6. The molecule has 1 N–H and O–H groups in total. The molecule has 1 aromatic rings. The molecule has 2 heterocycles. The van der Waals surface area contributed by atoms with E-state index in [1.54, 1.807) is 0 Å². The van der Waals surface area contributed by atoms with Gasteiger partial charge in [0.1, 0.15) is 5.75 Å². The zero-order valence-corrected chi connectivity index (χ0v) is 12.1. The van der Waals surface area contributed by atoms with Gasteiger partial charge in [0.25, 0.3) is 0 Å².